The van der Waals surface area contributed by atoms with Gasteiger partial charge in [-0.3, -0.25) is 9.59 Å². The fraction of sp³-hybridized carbons (Fsp3) is 0.0800. The van der Waals surface area contributed by atoms with Crippen molar-refractivity contribution >= 4 is 23.2 Å². The van der Waals surface area contributed by atoms with E-state index < -0.39 is 0 Å². The minimum atomic E-state index is -0.315. The lowest BCUT2D eigenvalue weighted by Gasteiger charge is -2.10. The summed E-state index contributed by atoms with van der Waals surface area (Å²) in [6.07, 6.45) is 1.63. The Bertz CT molecular complexity index is 1260. The standard InChI is InChI=1S/C25H21N3O4/c1-16(29)27-18-6-5-7-19(14-18)28-24(30)21-8-3-4-9-22(21)25-26-15-23(32-25)17-10-12-20(31-2)13-11-17/h3-15H,1-2H3,(H,27,29)(H,28,30). The van der Waals surface area contributed by atoms with Gasteiger partial charge in [-0.05, 0) is 54.6 Å². The average Bonchev–Trinajstić information content (AvgIpc) is 3.29. The molecular weight excluding hydrogens is 406 g/mol. The van der Waals surface area contributed by atoms with E-state index >= 15 is 0 Å². The first-order valence-corrected chi connectivity index (χ1v) is 9.92. The largest absolute Gasteiger partial charge is 0.497 e. The highest BCUT2D eigenvalue weighted by molar-refractivity contribution is 6.08. The maximum atomic E-state index is 13.0. The van der Waals surface area contributed by atoms with E-state index in [9.17, 15) is 9.59 Å². The number of oxazole rings is 1. The van der Waals surface area contributed by atoms with Crippen molar-refractivity contribution in [3.8, 4) is 28.5 Å². The van der Waals surface area contributed by atoms with Crippen molar-refractivity contribution in [2.45, 2.75) is 6.92 Å². The molecular formula is C25H21N3O4. The van der Waals surface area contributed by atoms with Crippen molar-refractivity contribution in [2.75, 3.05) is 17.7 Å². The smallest absolute Gasteiger partial charge is 0.256 e. The van der Waals surface area contributed by atoms with Crippen molar-refractivity contribution < 1.29 is 18.7 Å². The topological polar surface area (TPSA) is 93.5 Å². The van der Waals surface area contributed by atoms with E-state index in [0.29, 0.717) is 34.2 Å². The Morgan fingerprint density at radius 1 is 0.906 bits per heavy atom. The molecule has 0 saturated carbocycles. The van der Waals surface area contributed by atoms with Gasteiger partial charge in [-0.1, -0.05) is 18.2 Å². The number of ether oxygens (including phenoxy) is 1. The van der Waals surface area contributed by atoms with Gasteiger partial charge < -0.3 is 19.8 Å². The van der Waals surface area contributed by atoms with Crippen LogP contribution >= 0.6 is 0 Å². The van der Waals surface area contributed by atoms with Crippen molar-refractivity contribution in [2.24, 2.45) is 0 Å². The summed E-state index contributed by atoms with van der Waals surface area (Å²) < 4.78 is 11.1. The number of rotatable bonds is 6. The van der Waals surface area contributed by atoms with Crippen LogP contribution in [-0.2, 0) is 4.79 Å². The number of carbonyl (C=O) groups excluding carboxylic acids is 2. The molecule has 4 aromatic rings. The van der Waals surface area contributed by atoms with Gasteiger partial charge in [-0.15, -0.1) is 0 Å². The number of nitrogens with zero attached hydrogens (tertiary/aromatic N) is 1. The summed E-state index contributed by atoms with van der Waals surface area (Å²) in [5, 5.41) is 5.56. The van der Waals surface area contributed by atoms with Crippen molar-refractivity contribution in [1.29, 1.82) is 0 Å². The summed E-state index contributed by atoms with van der Waals surface area (Å²) in [5.74, 6) is 1.17. The van der Waals surface area contributed by atoms with E-state index in [1.54, 1.807) is 55.8 Å². The molecule has 0 bridgehead atoms. The maximum Gasteiger partial charge on any atom is 0.256 e. The Balaban J connectivity index is 1.59. The van der Waals surface area contributed by atoms with Crippen LogP contribution in [0.3, 0.4) is 0 Å². The first kappa shape index (κ1) is 20.9. The summed E-state index contributed by atoms with van der Waals surface area (Å²) in [6.45, 7) is 1.43. The van der Waals surface area contributed by atoms with Gasteiger partial charge in [0, 0.05) is 29.4 Å². The van der Waals surface area contributed by atoms with Crippen LogP contribution < -0.4 is 15.4 Å². The van der Waals surface area contributed by atoms with Crippen LogP contribution in [0, 0.1) is 0 Å². The van der Waals surface area contributed by atoms with Gasteiger partial charge in [-0.2, -0.15) is 0 Å². The number of nitrogens with one attached hydrogen (secondary N) is 2. The Morgan fingerprint density at radius 2 is 1.62 bits per heavy atom. The lowest BCUT2D eigenvalue weighted by molar-refractivity contribution is -0.114. The maximum absolute atomic E-state index is 13.0. The first-order chi connectivity index (χ1) is 15.5. The molecule has 0 spiro atoms. The van der Waals surface area contributed by atoms with Gasteiger partial charge in [0.2, 0.25) is 11.8 Å². The van der Waals surface area contributed by atoms with Crippen LogP contribution in [0.25, 0.3) is 22.8 Å². The lowest BCUT2D eigenvalue weighted by atomic mass is 10.1. The summed E-state index contributed by atoms with van der Waals surface area (Å²) in [4.78, 5) is 28.7. The molecule has 1 aromatic heterocycles. The van der Waals surface area contributed by atoms with Crippen LogP contribution in [0.5, 0.6) is 5.75 Å². The second-order valence-electron chi connectivity index (χ2n) is 7.02. The van der Waals surface area contributed by atoms with E-state index in [-0.39, 0.29) is 11.8 Å². The molecule has 3 aromatic carbocycles. The zero-order valence-corrected chi connectivity index (χ0v) is 17.6. The summed E-state index contributed by atoms with van der Waals surface area (Å²) in [7, 11) is 1.61. The van der Waals surface area contributed by atoms with Gasteiger partial charge in [0.15, 0.2) is 5.76 Å². The third-order valence-electron chi connectivity index (χ3n) is 4.72. The molecule has 0 aliphatic heterocycles. The number of carbonyl (C=O) groups is 2. The van der Waals surface area contributed by atoms with Gasteiger partial charge in [-0.25, -0.2) is 4.98 Å². The van der Waals surface area contributed by atoms with Crippen LogP contribution in [-0.4, -0.2) is 23.9 Å². The second kappa shape index (κ2) is 9.18. The number of hydrogen-bond acceptors (Lipinski definition) is 5. The zero-order valence-electron chi connectivity index (χ0n) is 17.6. The molecule has 0 aliphatic carbocycles. The number of methoxy groups -OCH3 is 1. The van der Waals surface area contributed by atoms with E-state index in [4.69, 9.17) is 9.15 Å². The third-order valence-corrected chi connectivity index (χ3v) is 4.72. The predicted molar refractivity (Wildman–Crippen MR) is 123 cm³/mol. The SMILES string of the molecule is COc1ccc(-c2cnc(-c3ccccc3C(=O)Nc3cccc(NC(C)=O)c3)o2)cc1. The monoisotopic (exact) mass is 427 g/mol. The average molecular weight is 427 g/mol. The molecule has 1 heterocycles. The molecule has 160 valence electrons. The van der Waals surface area contributed by atoms with Crippen LogP contribution in [0.4, 0.5) is 11.4 Å². The minimum Gasteiger partial charge on any atom is -0.497 e. The highest BCUT2D eigenvalue weighted by Crippen LogP contribution is 2.29. The molecule has 0 fully saturated rings. The molecule has 7 nitrogen and oxygen atoms in total. The third kappa shape index (κ3) is 4.67. The van der Waals surface area contributed by atoms with E-state index in [2.05, 4.69) is 15.6 Å². The summed E-state index contributed by atoms with van der Waals surface area (Å²) in [6, 6.07) is 21.5. The number of benzene rings is 3. The fourth-order valence-corrected chi connectivity index (χ4v) is 3.23. The Morgan fingerprint density at radius 3 is 2.34 bits per heavy atom. The first-order valence-electron chi connectivity index (χ1n) is 9.92. The predicted octanol–water partition coefficient (Wildman–Crippen LogP) is 5.23. The second-order valence-corrected chi connectivity index (χ2v) is 7.02. The highest BCUT2D eigenvalue weighted by atomic mass is 16.5. The lowest BCUT2D eigenvalue weighted by Crippen LogP contribution is -2.13. The molecule has 0 aliphatic rings. The van der Waals surface area contributed by atoms with E-state index in [1.807, 2.05) is 30.3 Å². The van der Waals surface area contributed by atoms with Crippen molar-refractivity contribution in [3.05, 3.63) is 84.6 Å². The number of hydrogen-bond donors (Lipinski definition) is 2. The molecule has 2 N–H and O–H groups in total. The number of amides is 2. The Hall–Kier alpha value is -4.39. The van der Waals surface area contributed by atoms with Crippen molar-refractivity contribution in [3.63, 3.8) is 0 Å². The zero-order chi connectivity index (χ0) is 22.5. The Labute approximate surface area is 185 Å². The molecule has 0 radical (unpaired) electrons. The molecule has 2 amide bonds. The molecule has 7 heteroatoms. The highest BCUT2D eigenvalue weighted by Gasteiger charge is 2.17. The van der Waals surface area contributed by atoms with Gasteiger partial charge in [0.25, 0.3) is 5.91 Å². The van der Waals surface area contributed by atoms with Gasteiger partial charge in [0.1, 0.15) is 5.75 Å². The van der Waals surface area contributed by atoms with Gasteiger partial charge >= 0.3 is 0 Å². The van der Waals surface area contributed by atoms with Gasteiger partial charge in [0.05, 0.1) is 18.9 Å². The molecule has 0 atom stereocenters. The summed E-state index contributed by atoms with van der Waals surface area (Å²) >= 11 is 0. The van der Waals surface area contributed by atoms with Crippen LogP contribution in [0.15, 0.2) is 83.4 Å². The van der Waals surface area contributed by atoms with Crippen LogP contribution in [0.1, 0.15) is 17.3 Å². The van der Waals surface area contributed by atoms with Crippen LogP contribution in [0.2, 0.25) is 0 Å². The normalized spacial score (nSPS) is 10.4. The van der Waals surface area contributed by atoms with Crippen molar-refractivity contribution in [1.82, 2.24) is 4.98 Å². The quantitative estimate of drug-likeness (QED) is 0.440. The number of aromatic nitrogens is 1. The molecule has 0 unspecified atom stereocenters. The molecule has 0 saturated heterocycles. The summed E-state index contributed by atoms with van der Waals surface area (Å²) in [5.41, 5.74) is 2.99. The fourth-order valence-electron chi connectivity index (χ4n) is 3.23. The molecule has 4 rings (SSSR count). The Kier molecular flexibility index (Phi) is 5.98. The van der Waals surface area contributed by atoms with E-state index in [1.165, 1.54) is 6.92 Å². The van der Waals surface area contributed by atoms with E-state index in [0.717, 1.165) is 11.3 Å². The minimum absolute atomic E-state index is 0.185. The number of anilines is 2. The molecule has 32 heavy (non-hydrogen) atoms.